The van der Waals surface area contributed by atoms with Gasteiger partial charge in [-0.25, -0.2) is 4.79 Å². The number of halogens is 2. The van der Waals surface area contributed by atoms with Gasteiger partial charge in [-0.05, 0) is 6.42 Å². The van der Waals surface area contributed by atoms with Gasteiger partial charge < -0.3 is 0 Å². The number of carbonyl (C=O) groups excluding carboxylic acids is 1. The Hall–Kier alpha value is -0.800. The van der Waals surface area contributed by atoms with Crippen molar-refractivity contribution in [3.8, 4) is 0 Å². The minimum Gasteiger partial charge on any atom is -0.300 e. The van der Waals surface area contributed by atoms with Gasteiger partial charge in [0.05, 0.1) is 6.61 Å². The number of hydrogen-bond donors (Lipinski definition) is 0. The molecule has 0 unspecified atom stereocenters. The highest BCUT2D eigenvalue weighted by molar-refractivity contribution is 5.33. The van der Waals surface area contributed by atoms with Crippen LogP contribution in [0.5, 0.6) is 0 Å². The lowest BCUT2D eigenvalue weighted by Crippen LogP contribution is -2.18. The van der Waals surface area contributed by atoms with Crippen LogP contribution in [-0.4, -0.2) is 18.9 Å². The van der Waals surface area contributed by atoms with Crippen LogP contribution in [0.4, 0.5) is 8.78 Å². The quantitative estimate of drug-likeness (QED) is 0.259. The fourth-order valence-corrected chi connectivity index (χ4v) is 1.16. The van der Waals surface area contributed by atoms with E-state index in [2.05, 4.69) is 16.7 Å². The second kappa shape index (κ2) is 8.50. The second-order valence-electron chi connectivity index (χ2n) is 3.31. The standard InChI is InChI=1S/C10H17F2NO2/c1-2-3-4-5-6-7-8-15-10(11,12)13-9-14/h2-8H2,1H3. The Balaban J connectivity index is 3.34. The Bertz CT molecular complexity index is 204. The van der Waals surface area contributed by atoms with Crippen LogP contribution >= 0.6 is 0 Å². The summed E-state index contributed by atoms with van der Waals surface area (Å²) >= 11 is 0. The van der Waals surface area contributed by atoms with Crippen molar-refractivity contribution in [1.82, 2.24) is 0 Å². The van der Waals surface area contributed by atoms with Gasteiger partial charge in [0.25, 0.3) is 0 Å². The predicted molar refractivity (Wildman–Crippen MR) is 52.4 cm³/mol. The van der Waals surface area contributed by atoms with Crippen LogP contribution in [0.2, 0.25) is 0 Å². The molecule has 0 saturated carbocycles. The van der Waals surface area contributed by atoms with Crippen molar-refractivity contribution in [1.29, 1.82) is 0 Å². The Morgan fingerprint density at radius 2 is 1.80 bits per heavy atom. The Labute approximate surface area is 88.5 Å². The van der Waals surface area contributed by atoms with Crippen LogP contribution in [0.25, 0.3) is 0 Å². The van der Waals surface area contributed by atoms with Gasteiger partial charge in [-0.3, -0.25) is 4.74 Å². The number of hydrogen-bond acceptors (Lipinski definition) is 3. The number of isocyanates is 1. The summed E-state index contributed by atoms with van der Waals surface area (Å²) in [6.07, 6.45) is 2.98. The highest BCUT2D eigenvalue weighted by atomic mass is 19.3. The van der Waals surface area contributed by atoms with Crippen molar-refractivity contribution in [2.24, 2.45) is 4.99 Å². The molecule has 0 atom stereocenters. The summed E-state index contributed by atoms with van der Waals surface area (Å²) in [4.78, 5) is 11.8. The van der Waals surface area contributed by atoms with Gasteiger partial charge in [0.15, 0.2) is 0 Å². The molecule has 3 nitrogen and oxygen atoms in total. The van der Waals surface area contributed by atoms with E-state index in [0.717, 1.165) is 31.8 Å². The minimum absolute atomic E-state index is 0.0791. The van der Waals surface area contributed by atoms with E-state index in [9.17, 15) is 13.6 Å². The molecule has 0 N–H and O–H groups in total. The normalized spacial score (nSPS) is 11.1. The average Bonchev–Trinajstić information content (AvgIpc) is 2.16. The van der Waals surface area contributed by atoms with Crippen molar-refractivity contribution < 1.29 is 18.3 Å². The highest BCUT2D eigenvalue weighted by Gasteiger charge is 2.28. The molecule has 0 aromatic carbocycles. The molecule has 15 heavy (non-hydrogen) atoms. The molecular formula is C10H17F2NO2. The molecule has 0 saturated heterocycles. The van der Waals surface area contributed by atoms with Crippen LogP contribution in [0.1, 0.15) is 45.4 Å². The number of rotatable bonds is 9. The molecule has 0 aliphatic rings. The summed E-state index contributed by atoms with van der Waals surface area (Å²) in [7, 11) is 0. The van der Waals surface area contributed by atoms with Crippen LogP contribution in [0, 0.1) is 0 Å². The van der Waals surface area contributed by atoms with E-state index >= 15 is 0 Å². The van der Waals surface area contributed by atoms with E-state index in [4.69, 9.17) is 0 Å². The van der Waals surface area contributed by atoms with Gasteiger partial charge >= 0.3 is 6.23 Å². The van der Waals surface area contributed by atoms with Crippen molar-refractivity contribution in [3.63, 3.8) is 0 Å². The molecule has 0 fully saturated rings. The minimum atomic E-state index is -3.70. The van der Waals surface area contributed by atoms with Gasteiger partial charge in [0.2, 0.25) is 6.08 Å². The zero-order chi connectivity index (χ0) is 11.6. The Kier molecular flexibility index (Phi) is 8.05. The fourth-order valence-electron chi connectivity index (χ4n) is 1.16. The lowest BCUT2D eigenvalue weighted by atomic mass is 10.1. The van der Waals surface area contributed by atoms with Gasteiger partial charge in [0, 0.05) is 0 Å². The van der Waals surface area contributed by atoms with E-state index in [0.29, 0.717) is 6.42 Å². The molecule has 0 aliphatic heterocycles. The topological polar surface area (TPSA) is 38.7 Å². The van der Waals surface area contributed by atoms with E-state index in [-0.39, 0.29) is 6.61 Å². The average molecular weight is 221 g/mol. The van der Waals surface area contributed by atoms with Gasteiger partial charge in [0.1, 0.15) is 0 Å². The third-order valence-corrected chi connectivity index (χ3v) is 1.95. The first kappa shape index (κ1) is 14.2. The number of aliphatic imine (C=N–C) groups is 1. The largest absolute Gasteiger partial charge is 0.477 e. The molecule has 0 spiro atoms. The molecule has 0 rings (SSSR count). The number of unbranched alkanes of at least 4 members (excludes halogenated alkanes) is 5. The molecule has 88 valence electrons. The van der Waals surface area contributed by atoms with E-state index in [1.54, 1.807) is 0 Å². The number of nitrogens with zero attached hydrogens (tertiary/aromatic N) is 1. The van der Waals surface area contributed by atoms with E-state index in [1.807, 2.05) is 0 Å². The molecule has 5 heteroatoms. The Morgan fingerprint density at radius 1 is 1.20 bits per heavy atom. The lowest BCUT2D eigenvalue weighted by Gasteiger charge is -2.09. The molecule has 0 aromatic heterocycles. The van der Waals surface area contributed by atoms with Crippen LogP contribution in [-0.2, 0) is 9.53 Å². The SMILES string of the molecule is CCCCCCCCOC(F)(F)N=C=O. The summed E-state index contributed by atoms with van der Waals surface area (Å²) in [6.45, 7) is 2.03. The molecule has 0 amide bonds. The smallest absolute Gasteiger partial charge is 0.300 e. The first-order valence-corrected chi connectivity index (χ1v) is 5.23. The predicted octanol–water partition coefficient (Wildman–Crippen LogP) is 3.25. The van der Waals surface area contributed by atoms with Crippen LogP contribution in [0.15, 0.2) is 4.99 Å². The maximum absolute atomic E-state index is 12.4. The molecular weight excluding hydrogens is 204 g/mol. The van der Waals surface area contributed by atoms with Crippen molar-refractivity contribution in [3.05, 3.63) is 0 Å². The van der Waals surface area contributed by atoms with Gasteiger partial charge in [-0.2, -0.15) is 8.78 Å². The molecule has 0 aliphatic carbocycles. The zero-order valence-electron chi connectivity index (χ0n) is 8.97. The van der Waals surface area contributed by atoms with Gasteiger partial charge in [-0.1, -0.05) is 39.0 Å². The first-order chi connectivity index (χ1) is 7.12. The Morgan fingerprint density at radius 3 is 2.40 bits per heavy atom. The van der Waals surface area contributed by atoms with Crippen LogP contribution in [0.3, 0.4) is 0 Å². The summed E-state index contributed by atoms with van der Waals surface area (Å²) in [5.74, 6) is 0. The van der Waals surface area contributed by atoms with E-state index < -0.39 is 6.23 Å². The fraction of sp³-hybridized carbons (Fsp3) is 0.900. The molecule has 0 aromatic rings. The van der Waals surface area contributed by atoms with Crippen LogP contribution < -0.4 is 0 Å². The van der Waals surface area contributed by atoms with Crippen molar-refractivity contribution >= 4 is 6.08 Å². The summed E-state index contributed by atoms with van der Waals surface area (Å²) in [6, 6.07) is 0. The number of alkyl halides is 2. The highest BCUT2D eigenvalue weighted by Crippen LogP contribution is 2.16. The summed E-state index contributed by atoms with van der Waals surface area (Å²) in [5.41, 5.74) is 0. The summed E-state index contributed by atoms with van der Waals surface area (Å²) < 4.78 is 28.9. The zero-order valence-corrected chi connectivity index (χ0v) is 8.97. The van der Waals surface area contributed by atoms with E-state index in [1.165, 1.54) is 6.42 Å². The lowest BCUT2D eigenvalue weighted by molar-refractivity contribution is -0.231. The maximum atomic E-state index is 12.4. The van der Waals surface area contributed by atoms with Crippen molar-refractivity contribution in [2.45, 2.75) is 51.7 Å². The molecule has 0 heterocycles. The third kappa shape index (κ3) is 9.50. The number of ether oxygens (including phenoxy) is 1. The molecule has 0 bridgehead atoms. The van der Waals surface area contributed by atoms with Crippen molar-refractivity contribution in [2.75, 3.05) is 6.61 Å². The van der Waals surface area contributed by atoms with Gasteiger partial charge in [-0.15, -0.1) is 4.99 Å². The molecule has 0 radical (unpaired) electrons. The maximum Gasteiger partial charge on any atom is 0.477 e. The second-order valence-corrected chi connectivity index (χ2v) is 3.31. The monoisotopic (exact) mass is 221 g/mol. The first-order valence-electron chi connectivity index (χ1n) is 5.23. The third-order valence-electron chi connectivity index (χ3n) is 1.95. The summed E-state index contributed by atoms with van der Waals surface area (Å²) in [5, 5.41) is 0.